The molecule has 0 saturated heterocycles. The molecule has 3 rings (SSSR count). The van der Waals surface area contributed by atoms with Gasteiger partial charge in [0.2, 0.25) is 0 Å². The van der Waals surface area contributed by atoms with Crippen LogP contribution in [0, 0.1) is 12.8 Å². The Morgan fingerprint density at radius 3 is 2.50 bits per heavy atom. The maximum Gasteiger partial charge on any atom is 0.338 e. The van der Waals surface area contributed by atoms with Crippen molar-refractivity contribution in [3.8, 4) is 0 Å². The Kier molecular flexibility index (Phi) is 6.66. The van der Waals surface area contributed by atoms with E-state index >= 15 is 0 Å². The number of carbonyl (C=O) groups excluding carboxylic acids is 1. The van der Waals surface area contributed by atoms with Crippen molar-refractivity contribution in [1.29, 1.82) is 0 Å². The first kappa shape index (κ1) is 23.8. The van der Waals surface area contributed by atoms with E-state index in [0.29, 0.717) is 23.8 Å². The van der Waals surface area contributed by atoms with E-state index in [1.807, 2.05) is 6.92 Å². The number of carboxylic acid groups (broad SMARTS) is 1. The van der Waals surface area contributed by atoms with Crippen LogP contribution in [0.15, 0.2) is 17.1 Å². The first-order valence-electron chi connectivity index (χ1n) is 9.92. The second-order valence-electron chi connectivity index (χ2n) is 8.23. The number of amidine groups is 1. The lowest BCUT2D eigenvalue weighted by atomic mass is 9.69. The Balaban J connectivity index is 1.94. The van der Waals surface area contributed by atoms with Crippen molar-refractivity contribution in [2.45, 2.75) is 39.5 Å². The van der Waals surface area contributed by atoms with Gasteiger partial charge in [-0.2, -0.15) is 5.10 Å². The summed E-state index contributed by atoms with van der Waals surface area (Å²) in [5, 5.41) is 18.0. The Hall–Kier alpha value is -2.85. The predicted octanol–water partition coefficient (Wildman–Crippen LogP) is 3.90. The minimum atomic E-state index is -1.12. The maximum absolute atomic E-state index is 12.6. The van der Waals surface area contributed by atoms with Crippen molar-refractivity contribution in [2.24, 2.45) is 18.0 Å². The summed E-state index contributed by atoms with van der Waals surface area (Å²) >= 11 is 11.7. The number of aryl methyl sites for hydroxylation is 2. The number of carbonyl (C=O) groups is 2. The minimum absolute atomic E-state index is 0.110. The van der Waals surface area contributed by atoms with Gasteiger partial charge in [0, 0.05) is 30.1 Å². The monoisotopic (exact) mass is 481 g/mol. The fourth-order valence-electron chi connectivity index (χ4n) is 3.82. The van der Waals surface area contributed by atoms with Gasteiger partial charge in [0.05, 0.1) is 5.69 Å². The molecule has 0 aromatic carbocycles. The van der Waals surface area contributed by atoms with E-state index in [-0.39, 0.29) is 21.6 Å². The number of amides is 2. The van der Waals surface area contributed by atoms with Crippen LogP contribution in [0.4, 0.5) is 16.3 Å². The van der Waals surface area contributed by atoms with E-state index < -0.39 is 18.5 Å². The topological polar surface area (TPSA) is 125 Å². The Bertz CT molecular complexity index is 1080. The number of halogens is 2. The number of fused-ring (bicyclic) bond motifs is 1. The van der Waals surface area contributed by atoms with Crippen molar-refractivity contribution in [3.05, 3.63) is 33.7 Å². The minimum Gasteiger partial charge on any atom is -0.480 e. The van der Waals surface area contributed by atoms with Gasteiger partial charge in [0.1, 0.15) is 22.7 Å². The highest BCUT2D eigenvalue weighted by molar-refractivity contribution is 6.33. The summed E-state index contributed by atoms with van der Waals surface area (Å²) < 4.78 is 1.67. The lowest BCUT2D eigenvalue weighted by molar-refractivity contribution is -0.137. The maximum atomic E-state index is 12.6. The summed E-state index contributed by atoms with van der Waals surface area (Å²) in [5.74, 6) is 0.141. The number of aliphatic carboxylic acids is 1. The quantitative estimate of drug-likeness (QED) is 0.449. The summed E-state index contributed by atoms with van der Waals surface area (Å²) in [6.45, 7) is 7.74. The van der Waals surface area contributed by atoms with E-state index in [9.17, 15) is 14.7 Å². The highest BCUT2D eigenvalue weighted by Crippen LogP contribution is 2.45. The molecule has 2 aromatic heterocycles. The molecule has 3 heterocycles. The SMILES string of the molecule is Cc1nn(C)c2c1C(C)(C(C)C)CC(N(CC(=O)O)NC(=O)Nc1cc(Cl)nc(Cl)c1)=N2. The number of aliphatic imine (C=N–C) groups is 1. The zero-order chi connectivity index (χ0) is 23.8. The Morgan fingerprint density at radius 1 is 1.31 bits per heavy atom. The summed E-state index contributed by atoms with van der Waals surface area (Å²) in [4.78, 5) is 32.7. The van der Waals surface area contributed by atoms with E-state index in [1.54, 1.807) is 11.7 Å². The van der Waals surface area contributed by atoms with Crippen molar-refractivity contribution in [3.63, 3.8) is 0 Å². The number of urea groups is 1. The van der Waals surface area contributed by atoms with Crippen LogP contribution >= 0.6 is 23.2 Å². The Labute approximate surface area is 195 Å². The lowest BCUT2D eigenvalue weighted by Gasteiger charge is -2.39. The first-order valence-corrected chi connectivity index (χ1v) is 10.7. The molecule has 0 radical (unpaired) electrons. The van der Waals surface area contributed by atoms with Gasteiger partial charge in [0.15, 0.2) is 5.82 Å². The molecule has 32 heavy (non-hydrogen) atoms. The normalized spacial score (nSPS) is 17.6. The molecule has 3 N–H and O–H groups in total. The second-order valence-corrected chi connectivity index (χ2v) is 9.01. The second kappa shape index (κ2) is 8.95. The zero-order valence-corrected chi connectivity index (χ0v) is 19.9. The number of hydrazine groups is 1. The molecule has 10 nitrogen and oxygen atoms in total. The molecule has 1 aliphatic rings. The van der Waals surface area contributed by atoms with Crippen molar-refractivity contribution >= 4 is 52.5 Å². The van der Waals surface area contributed by atoms with E-state index in [2.05, 4.69) is 46.6 Å². The van der Waals surface area contributed by atoms with Gasteiger partial charge in [0.25, 0.3) is 0 Å². The molecule has 172 valence electrons. The standard InChI is InChI=1S/C20H25Cl2N7O3/c1-10(2)20(4)8-15(25-18-17(20)11(3)26-28(18)5)29(9-16(30)31)27-19(32)23-12-6-13(21)24-14(22)7-12/h6-7,10H,8-9H2,1-5H3,(H,30,31)(H2,23,24,27,32). The number of rotatable bonds is 4. The van der Waals surface area contributed by atoms with E-state index in [1.165, 1.54) is 17.1 Å². The molecular formula is C20H25Cl2N7O3. The fourth-order valence-corrected chi connectivity index (χ4v) is 4.28. The predicted molar refractivity (Wildman–Crippen MR) is 123 cm³/mol. The van der Waals surface area contributed by atoms with Gasteiger partial charge in [-0.1, -0.05) is 44.0 Å². The number of aromatic nitrogens is 3. The number of nitrogens with one attached hydrogen (secondary N) is 2. The van der Waals surface area contributed by atoms with Crippen molar-refractivity contribution in [2.75, 3.05) is 11.9 Å². The highest BCUT2D eigenvalue weighted by Gasteiger charge is 2.42. The van der Waals surface area contributed by atoms with Crippen LogP contribution in [0.25, 0.3) is 0 Å². The molecule has 12 heteroatoms. The van der Waals surface area contributed by atoms with Gasteiger partial charge in [-0.3, -0.25) is 14.5 Å². The molecule has 0 spiro atoms. The third-order valence-corrected chi connectivity index (χ3v) is 6.05. The molecule has 0 saturated carbocycles. The van der Waals surface area contributed by atoms with Crippen LogP contribution in [0.2, 0.25) is 10.3 Å². The third-order valence-electron chi connectivity index (χ3n) is 5.66. The smallest absolute Gasteiger partial charge is 0.338 e. The number of hydrogen-bond acceptors (Lipinski definition) is 6. The summed E-state index contributed by atoms with van der Waals surface area (Å²) in [5.41, 5.74) is 4.43. The largest absolute Gasteiger partial charge is 0.480 e. The zero-order valence-electron chi connectivity index (χ0n) is 18.4. The van der Waals surface area contributed by atoms with Gasteiger partial charge in [-0.15, -0.1) is 0 Å². The van der Waals surface area contributed by atoms with Crippen LogP contribution in [0.3, 0.4) is 0 Å². The molecule has 2 aromatic rings. The average molecular weight is 482 g/mol. The van der Waals surface area contributed by atoms with Crippen molar-refractivity contribution < 1.29 is 14.7 Å². The van der Waals surface area contributed by atoms with Gasteiger partial charge >= 0.3 is 12.0 Å². The molecule has 0 bridgehead atoms. The first-order chi connectivity index (χ1) is 14.9. The van der Waals surface area contributed by atoms with Crippen LogP contribution in [0.5, 0.6) is 0 Å². The number of anilines is 1. The van der Waals surface area contributed by atoms with Crippen molar-refractivity contribution in [1.82, 2.24) is 25.2 Å². The molecule has 1 atom stereocenters. The van der Waals surface area contributed by atoms with Gasteiger partial charge in [-0.25, -0.2) is 20.2 Å². The van der Waals surface area contributed by atoms with E-state index in [0.717, 1.165) is 11.3 Å². The number of carboxylic acids is 1. The van der Waals surface area contributed by atoms with Crippen LogP contribution in [-0.2, 0) is 17.3 Å². The fraction of sp³-hybridized carbons (Fsp3) is 0.450. The molecule has 0 fully saturated rings. The number of hydrogen-bond donors (Lipinski definition) is 3. The highest BCUT2D eigenvalue weighted by atomic mass is 35.5. The molecule has 2 amide bonds. The molecule has 0 aliphatic carbocycles. The van der Waals surface area contributed by atoms with Crippen LogP contribution < -0.4 is 10.7 Å². The van der Waals surface area contributed by atoms with E-state index in [4.69, 9.17) is 23.2 Å². The summed E-state index contributed by atoms with van der Waals surface area (Å²) in [7, 11) is 1.79. The summed E-state index contributed by atoms with van der Waals surface area (Å²) in [6.07, 6.45) is 0.421. The third kappa shape index (κ3) is 4.81. The van der Waals surface area contributed by atoms with Gasteiger partial charge < -0.3 is 10.4 Å². The lowest BCUT2D eigenvalue weighted by Crippen LogP contribution is -2.52. The summed E-state index contributed by atoms with van der Waals surface area (Å²) in [6, 6.07) is 2.17. The number of pyridine rings is 1. The number of nitrogens with zero attached hydrogens (tertiary/aromatic N) is 5. The molecular weight excluding hydrogens is 457 g/mol. The van der Waals surface area contributed by atoms with Gasteiger partial charge in [-0.05, 0) is 25.0 Å². The Morgan fingerprint density at radius 2 is 1.94 bits per heavy atom. The molecule has 1 unspecified atom stereocenters. The van der Waals surface area contributed by atoms with Crippen LogP contribution in [0.1, 0.15) is 38.4 Å². The van der Waals surface area contributed by atoms with Crippen LogP contribution in [-0.4, -0.2) is 49.3 Å². The average Bonchev–Trinajstić information content (AvgIpc) is 2.94. The molecule has 1 aliphatic heterocycles.